The van der Waals surface area contributed by atoms with Crippen molar-refractivity contribution < 1.29 is 47.9 Å². The number of carbonyl (C=O) groups is 1. The molecule has 0 spiro atoms. The Morgan fingerprint density at radius 1 is 1.64 bits per heavy atom. The second-order valence-corrected chi connectivity index (χ2v) is 3.83. The maximum Gasteiger partial charge on any atom is 1.00 e. The minimum absolute atomic E-state index is 0. The Morgan fingerprint density at radius 3 is 2.36 bits per heavy atom. The molecule has 0 amide bonds. The van der Waals surface area contributed by atoms with E-state index in [1.165, 1.54) is 7.05 Å². The number of primary sulfonamides is 1. The fourth-order valence-corrected chi connectivity index (χ4v) is 1.28. The third-order valence-electron chi connectivity index (χ3n) is 1.36. The van der Waals surface area contributed by atoms with Crippen LogP contribution in [0.1, 0.15) is 10.5 Å². The van der Waals surface area contributed by atoms with Gasteiger partial charge in [0.1, 0.15) is 0 Å². The maximum atomic E-state index is 10.7. The Balaban J connectivity index is 0.00000169. The Bertz CT molecular complexity index is 452. The van der Waals surface area contributed by atoms with E-state index in [1.54, 1.807) is 0 Å². The Hall–Kier alpha value is -0.410. The van der Waals surface area contributed by atoms with Crippen LogP contribution in [0.5, 0.6) is 0 Å². The van der Waals surface area contributed by atoms with Gasteiger partial charge in [-0.15, -0.1) is 0 Å². The van der Waals surface area contributed by atoms with Crippen LogP contribution >= 0.6 is 0 Å². The van der Waals surface area contributed by atoms with Crippen molar-refractivity contribution in [1.29, 1.82) is 0 Å². The number of nitrogens with zero attached hydrogens (tertiary/aromatic N) is 2. The first-order valence-electron chi connectivity index (χ1n) is 3.10. The second kappa shape index (κ2) is 4.41. The van der Waals surface area contributed by atoms with Gasteiger partial charge in [0.25, 0.3) is 10.0 Å². The summed E-state index contributed by atoms with van der Waals surface area (Å²) in [7, 11) is -2.68. The summed E-state index contributed by atoms with van der Waals surface area (Å²) in [4.78, 5) is 10.4. The third-order valence-corrected chi connectivity index (χ3v) is 2.14. The molecule has 72 valence electrons. The molecule has 1 aromatic heterocycles. The molecule has 1 heterocycles. The van der Waals surface area contributed by atoms with Crippen molar-refractivity contribution >= 4 is 16.0 Å². The van der Waals surface area contributed by atoms with Gasteiger partial charge < -0.3 is 9.90 Å². The van der Waals surface area contributed by atoms with Gasteiger partial charge in [0.05, 0.1) is 11.7 Å². The fraction of sp³-hybridized carbons (Fsp3) is 0.200. The zero-order chi connectivity index (χ0) is 10.2. The number of nitrogens with two attached hydrogens (primary N) is 1. The summed E-state index contributed by atoms with van der Waals surface area (Å²) in [5.41, 5.74) is -0.343. The van der Waals surface area contributed by atoms with Gasteiger partial charge in [-0.25, -0.2) is 13.6 Å². The number of carboxylic acid groups (broad SMARTS) is 1. The zero-order valence-corrected chi connectivity index (χ0v) is 10.4. The molecule has 0 unspecified atom stereocenters. The fourth-order valence-electron chi connectivity index (χ4n) is 0.771. The molecule has 0 aliphatic carbocycles. The van der Waals surface area contributed by atoms with Gasteiger partial charge in [-0.1, -0.05) is 0 Å². The smallest absolute Gasteiger partial charge is 0.543 e. The van der Waals surface area contributed by atoms with E-state index in [9.17, 15) is 18.3 Å². The van der Waals surface area contributed by atoms with E-state index in [2.05, 4.69) is 5.10 Å². The summed E-state index contributed by atoms with van der Waals surface area (Å²) < 4.78 is 22.3. The SMILES string of the molecule is Cn1nc(S(N)(=O)=O)cc1C(=O)[O-].[Na+]. The molecule has 1 aromatic rings. The van der Waals surface area contributed by atoms with E-state index in [1.807, 2.05) is 0 Å². The second-order valence-electron chi connectivity index (χ2n) is 2.32. The maximum absolute atomic E-state index is 10.7. The Labute approximate surface area is 102 Å². The Morgan fingerprint density at radius 2 is 2.14 bits per heavy atom. The predicted octanol–water partition coefficient (Wildman–Crippen LogP) is -5.56. The van der Waals surface area contributed by atoms with Gasteiger partial charge in [-0.3, -0.25) is 4.68 Å². The van der Waals surface area contributed by atoms with Gasteiger partial charge >= 0.3 is 29.6 Å². The average Bonchev–Trinajstić information content (AvgIpc) is 2.29. The number of rotatable bonds is 2. The largest absolute Gasteiger partial charge is 1.00 e. The van der Waals surface area contributed by atoms with Crippen molar-refractivity contribution in [3.05, 3.63) is 11.8 Å². The molecular weight excluding hydrogens is 221 g/mol. The van der Waals surface area contributed by atoms with Crippen LogP contribution in [0.2, 0.25) is 0 Å². The van der Waals surface area contributed by atoms with Crippen LogP contribution < -0.4 is 39.8 Å². The van der Waals surface area contributed by atoms with E-state index in [0.29, 0.717) is 0 Å². The molecular formula is C5H6N3NaO4S. The normalized spacial score (nSPS) is 10.7. The van der Waals surface area contributed by atoms with Gasteiger partial charge in [-0.2, -0.15) is 5.10 Å². The topological polar surface area (TPSA) is 118 Å². The van der Waals surface area contributed by atoms with Crippen LogP contribution in [0, 0.1) is 0 Å². The molecule has 0 bridgehead atoms. The molecule has 0 saturated heterocycles. The summed E-state index contributed by atoms with van der Waals surface area (Å²) in [6.45, 7) is 0. The predicted molar refractivity (Wildman–Crippen MR) is 38.9 cm³/mol. The van der Waals surface area contributed by atoms with Crippen molar-refractivity contribution in [2.45, 2.75) is 5.03 Å². The summed E-state index contributed by atoms with van der Waals surface area (Å²) in [5.74, 6) is -1.51. The van der Waals surface area contributed by atoms with E-state index in [0.717, 1.165) is 10.7 Å². The van der Waals surface area contributed by atoms with Crippen LogP contribution in [0.3, 0.4) is 0 Å². The number of sulfonamides is 1. The summed E-state index contributed by atoms with van der Waals surface area (Å²) in [6.07, 6.45) is 0. The standard InChI is InChI=1S/C5H7N3O4S.Na/c1-8-3(5(9)10)2-4(7-8)13(6,11)12;/h2H,1H3,(H,9,10)(H2,6,11,12);/q;+1/p-1. The van der Waals surface area contributed by atoms with Crippen LogP contribution in [0.4, 0.5) is 0 Å². The molecule has 7 nitrogen and oxygen atoms in total. The van der Waals surface area contributed by atoms with Crippen molar-refractivity contribution in [1.82, 2.24) is 9.78 Å². The number of carboxylic acids is 1. The molecule has 0 aliphatic rings. The van der Waals surface area contributed by atoms with Crippen molar-refractivity contribution in [3.8, 4) is 0 Å². The molecule has 0 aliphatic heterocycles. The Kier molecular flexibility index (Phi) is 4.28. The van der Waals surface area contributed by atoms with Crippen molar-refractivity contribution in [2.24, 2.45) is 12.2 Å². The van der Waals surface area contributed by atoms with Gasteiger partial charge in [0.15, 0.2) is 5.03 Å². The summed E-state index contributed by atoms with van der Waals surface area (Å²) >= 11 is 0. The number of hydrogen-bond acceptors (Lipinski definition) is 5. The van der Waals surface area contributed by atoms with Crippen molar-refractivity contribution in [2.75, 3.05) is 0 Å². The molecule has 0 saturated carbocycles. The minimum atomic E-state index is -3.96. The molecule has 0 fully saturated rings. The number of aryl methyl sites for hydroxylation is 1. The quantitative estimate of drug-likeness (QED) is 0.505. The average molecular weight is 227 g/mol. The van der Waals surface area contributed by atoms with Crippen molar-refractivity contribution in [3.63, 3.8) is 0 Å². The molecule has 14 heavy (non-hydrogen) atoms. The number of aromatic nitrogens is 2. The third kappa shape index (κ3) is 2.79. The van der Waals surface area contributed by atoms with E-state index in [4.69, 9.17) is 5.14 Å². The molecule has 0 radical (unpaired) electrons. The zero-order valence-electron chi connectivity index (χ0n) is 7.59. The van der Waals surface area contributed by atoms with Crippen LogP contribution in [-0.2, 0) is 17.1 Å². The molecule has 1 rings (SSSR count). The first-order valence-corrected chi connectivity index (χ1v) is 4.65. The summed E-state index contributed by atoms with van der Waals surface area (Å²) in [5, 5.41) is 18.0. The number of aromatic carboxylic acids is 1. The molecule has 0 atom stereocenters. The van der Waals surface area contributed by atoms with Crippen LogP contribution in [0.25, 0.3) is 0 Å². The first kappa shape index (κ1) is 13.6. The first-order chi connectivity index (χ1) is 5.82. The van der Waals surface area contributed by atoms with Crippen LogP contribution in [0.15, 0.2) is 11.1 Å². The molecule has 9 heteroatoms. The van der Waals surface area contributed by atoms with Gasteiger partial charge in [-0.05, 0) is 0 Å². The summed E-state index contributed by atoms with van der Waals surface area (Å²) in [6, 6.07) is 0.838. The van der Waals surface area contributed by atoms with E-state index >= 15 is 0 Å². The molecule has 0 aromatic carbocycles. The van der Waals surface area contributed by atoms with Gasteiger partial charge in [0.2, 0.25) is 0 Å². The minimum Gasteiger partial charge on any atom is -0.543 e. The van der Waals surface area contributed by atoms with Crippen LogP contribution in [-0.4, -0.2) is 24.2 Å². The molecule has 2 N–H and O–H groups in total. The van der Waals surface area contributed by atoms with E-state index < -0.39 is 21.0 Å². The van der Waals surface area contributed by atoms with E-state index in [-0.39, 0.29) is 35.3 Å². The number of hydrogen-bond donors (Lipinski definition) is 1. The number of carbonyl (C=O) groups excluding carboxylic acids is 1. The van der Waals surface area contributed by atoms with Gasteiger partial charge in [0, 0.05) is 13.1 Å². The monoisotopic (exact) mass is 227 g/mol.